The molecule has 1 aromatic heterocycles. The van der Waals surface area contributed by atoms with Gasteiger partial charge in [-0.1, -0.05) is 18.2 Å². The zero-order valence-electron chi connectivity index (χ0n) is 12.5. The van der Waals surface area contributed by atoms with Gasteiger partial charge in [-0.2, -0.15) is 5.26 Å². The first kappa shape index (κ1) is 14.7. The number of carbonyl (C=O) groups is 1. The maximum absolute atomic E-state index is 12.1. The van der Waals surface area contributed by atoms with Gasteiger partial charge in [-0.15, -0.1) is 0 Å². The lowest BCUT2D eigenvalue weighted by atomic mass is 10.1. The molecule has 0 unspecified atom stereocenters. The molecule has 0 aliphatic heterocycles. The van der Waals surface area contributed by atoms with Gasteiger partial charge in [0.25, 0.3) is 0 Å². The van der Waals surface area contributed by atoms with Gasteiger partial charge in [-0.3, -0.25) is 9.78 Å². The van der Waals surface area contributed by atoms with Gasteiger partial charge in [0, 0.05) is 29.9 Å². The van der Waals surface area contributed by atoms with E-state index in [2.05, 4.69) is 16.4 Å². The Labute approximate surface area is 134 Å². The Morgan fingerprint density at radius 1 is 1.13 bits per heavy atom. The number of amides is 1. The maximum Gasteiger partial charge on any atom is 0.224 e. The highest BCUT2D eigenvalue weighted by atomic mass is 16.1. The van der Waals surface area contributed by atoms with Crippen LogP contribution in [0.15, 0.2) is 60.9 Å². The zero-order valence-corrected chi connectivity index (χ0v) is 12.5. The molecule has 0 saturated carbocycles. The minimum absolute atomic E-state index is 0.0410. The zero-order chi connectivity index (χ0) is 16.1. The molecule has 23 heavy (non-hydrogen) atoms. The number of benzene rings is 2. The van der Waals surface area contributed by atoms with Crippen LogP contribution in [0.3, 0.4) is 0 Å². The van der Waals surface area contributed by atoms with Crippen molar-refractivity contribution in [3.8, 4) is 6.07 Å². The largest absolute Gasteiger partial charge is 0.326 e. The molecule has 0 radical (unpaired) electrons. The minimum Gasteiger partial charge on any atom is -0.326 e. The van der Waals surface area contributed by atoms with E-state index < -0.39 is 0 Å². The number of nitrogens with one attached hydrogen (secondary N) is 1. The van der Waals surface area contributed by atoms with E-state index in [4.69, 9.17) is 5.26 Å². The van der Waals surface area contributed by atoms with Crippen LogP contribution >= 0.6 is 0 Å². The number of nitrogens with zero attached hydrogens (tertiary/aromatic N) is 2. The molecule has 0 spiro atoms. The number of anilines is 1. The van der Waals surface area contributed by atoms with Gasteiger partial charge in [0.15, 0.2) is 0 Å². The number of rotatable bonds is 4. The minimum atomic E-state index is -0.0410. The lowest BCUT2D eigenvalue weighted by Gasteiger charge is -2.07. The van der Waals surface area contributed by atoms with Gasteiger partial charge < -0.3 is 5.32 Å². The van der Waals surface area contributed by atoms with Crippen molar-refractivity contribution in [3.63, 3.8) is 0 Å². The fraction of sp³-hybridized carbons (Fsp3) is 0.105. The molecule has 112 valence electrons. The maximum atomic E-state index is 12.1. The van der Waals surface area contributed by atoms with Crippen molar-refractivity contribution in [2.24, 2.45) is 0 Å². The number of hydrogen-bond donors (Lipinski definition) is 1. The summed E-state index contributed by atoms with van der Waals surface area (Å²) in [5.74, 6) is -0.0410. The number of carbonyl (C=O) groups excluding carboxylic acids is 1. The number of aryl methyl sites for hydroxylation is 1. The van der Waals surface area contributed by atoms with E-state index in [9.17, 15) is 4.79 Å². The van der Waals surface area contributed by atoms with Gasteiger partial charge >= 0.3 is 0 Å². The normalized spacial score (nSPS) is 10.2. The molecule has 3 aromatic rings. The number of hydrogen-bond acceptors (Lipinski definition) is 3. The van der Waals surface area contributed by atoms with Crippen molar-refractivity contribution in [2.75, 3.05) is 5.32 Å². The molecule has 1 N–H and O–H groups in total. The topological polar surface area (TPSA) is 65.8 Å². The predicted molar refractivity (Wildman–Crippen MR) is 89.9 cm³/mol. The SMILES string of the molecule is N#Cc1cccc(CCC(=O)Nc2ccc3cnccc3c2)c1. The van der Waals surface area contributed by atoms with E-state index in [-0.39, 0.29) is 5.91 Å². The lowest BCUT2D eigenvalue weighted by Crippen LogP contribution is -2.12. The Morgan fingerprint density at radius 3 is 2.91 bits per heavy atom. The quantitative estimate of drug-likeness (QED) is 0.799. The van der Waals surface area contributed by atoms with Crippen molar-refractivity contribution in [2.45, 2.75) is 12.8 Å². The molecule has 0 bridgehead atoms. The summed E-state index contributed by atoms with van der Waals surface area (Å²) >= 11 is 0. The molecule has 0 saturated heterocycles. The van der Waals surface area contributed by atoms with E-state index >= 15 is 0 Å². The summed E-state index contributed by atoms with van der Waals surface area (Å²) in [6.07, 6.45) is 4.52. The molecule has 0 aliphatic rings. The van der Waals surface area contributed by atoms with Gasteiger partial charge in [-0.05, 0) is 47.7 Å². The molecule has 4 nitrogen and oxygen atoms in total. The Morgan fingerprint density at radius 2 is 2.04 bits per heavy atom. The first-order valence-corrected chi connectivity index (χ1v) is 7.37. The Balaban J connectivity index is 1.63. The average Bonchev–Trinajstić information content (AvgIpc) is 2.60. The summed E-state index contributed by atoms with van der Waals surface area (Å²) in [4.78, 5) is 16.2. The summed E-state index contributed by atoms with van der Waals surface area (Å²) in [6.45, 7) is 0. The van der Waals surface area contributed by atoms with Crippen molar-refractivity contribution < 1.29 is 4.79 Å². The van der Waals surface area contributed by atoms with Crippen LogP contribution in [-0.2, 0) is 11.2 Å². The predicted octanol–water partition coefficient (Wildman–Crippen LogP) is 3.68. The second-order valence-electron chi connectivity index (χ2n) is 5.30. The van der Waals surface area contributed by atoms with Gasteiger partial charge in [0.1, 0.15) is 0 Å². The number of fused-ring (bicyclic) bond motifs is 1. The summed E-state index contributed by atoms with van der Waals surface area (Å²) in [7, 11) is 0. The van der Waals surface area contributed by atoms with E-state index in [1.54, 1.807) is 18.5 Å². The van der Waals surface area contributed by atoms with Crippen LogP contribution < -0.4 is 5.32 Å². The molecule has 0 fully saturated rings. The van der Waals surface area contributed by atoms with Crippen LogP contribution in [-0.4, -0.2) is 10.9 Å². The van der Waals surface area contributed by atoms with Crippen LogP contribution in [0.5, 0.6) is 0 Å². The van der Waals surface area contributed by atoms with Crippen molar-refractivity contribution in [3.05, 3.63) is 72.1 Å². The third kappa shape index (κ3) is 3.72. The fourth-order valence-electron chi connectivity index (χ4n) is 2.44. The molecule has 1 heterocycles. The second kappa shape index (κ2) is 6.71. The molecule has 3 rings (SSSR count). The highest BCUT2D eigenvalue weighted by molar-refractivity contribution is 5.94. The van der Waals surface area contributed by atoms with Crippen LogP contribution in [0.4, 0.5) is 5.69 Å². The standard InChI is InChI=1S/C19H15N3O/c20-12-15-3-1-2-14(10-15)4-7-19(23)22-18-6-5-17-13-21-9-8-16(17)11-18/h1-3,5-6,8-11,13H,4,7H2,(H,22,23). The fourth-order valence-corrected chi connectivity index (χ4v) is 2.44. The Bertz CT molecular complexity index is 896. The molecule has 0 aliphatic carbocycles. The van der Waals surface area contributed by atoms with Gasteiger partial charge in [-0.25, -0.2) is 0 Å². The van der Waals surface area contributed by atoms with Crippen LogP contribution in [0.1, 0.15) is 17.5 Å². The first-order valence-electron chi connectivity index (χ1n) is 7.37. The summed E-state index contributed by atoms with van der Waals surface area (Å²) in [5, 5.41) is 13.9. The van der Waals surface area contributed by atoms with Crippen LogP contribution in [0.25, 0.3) is 10.8 Å². The molecular formula is C19H15N3O. The van der Waals surface area contributed by atoms with Gasteiger partial charge in [0.05, 0.1) is 11.6 Å². The number of aromatic nitrogens is 1. The van der Waals surface area contributed by atoms with Crippen LogP contribution in [0, 0.1) is 11.3 Å². The highest BCUT2D eigenvalue weighted by Gasteiger charge is 2.05. The van der Waals surface area contributed by atoms with E-state index in [1.807, 2.05) is 42.5 Å². The monoisotopic (exact) mass is 301 g/mol. The summed E-state index contributed by atoms with van der Waals surface area (Å²) in [6, 6.07) is 17.1. The van der Waals surface area contributed by atoms with Crippen molar-refractivity contribution >= 4 is 22.4 Å². The Hall–Kier alpha value is -3.19. The summed E-state index contributed by atoms with van der Waals surface area (Å²) in [5.41, 5.74) is 2.38. The average molecular weight is 301 g/mol. The van der Waals surface area contributed by atoms with Gasteiger partial charge in [0.2, 0.25) is 5.91 Å². The number of pyridine rings is 1. The molecule has 0 atom stereocenters. The van der Waals surface area contributed by atoms with E-state index in [0.717, 1.165) is 22.0 Å². The summed E-state index contributed by atoms with van der Waals surface area (Å²) < 4.78 is 0. The number of nitriles is 1. The lowest BCUT2D eigenvalue weighted by molar-refractivity contribution is -0.116. The first-order chi connectivity index (χ1) is 11.2. The molecule has 1 amide bonds. The molecule has 2 aromatic carbocycles. The highest BCUT2D eigenvalue weighted by Crippen LogP contribution is 2.18. The van der Waals surface area contributed by atoms with E-state index in [1.165, 1.54) is 0 Å². The van der Waals surface area contributed by atoms with E-state index in [0.29, 0.717) is 18.4 Å². The molecular weight excluding hydrogens is 286 g/mol. The smallest absolute Gasteiger partial charge is 0.224 e. The van der Waals surface area contributed by atoms with Crippen molar-refractivity contribution in [1.29, 1.82) is 5.26 Å². The third-order valence-corrected chi connectivity index (χ3v) is 3.62. The van der Waals surface area contributed by atoms with Crippen LogP contribution in [0.2, 0.25) is 0 Å². The Kier molecular flexibility index (Phi) is 4.30. The molecule has 4 heteroatoms. The second-order valence-corrected chi connectivity index (χ2v) is 5.30. The van der Waals surface area contributed by atoms with Crippen molar-refractivity contribution in [1.82, 2.24) is 4.98 Å². The third-order valence-electron chi connectivity index (χ3n) is 3.62.